The molecule has 0 amide bonds. The molecule has 1 heterocycles. The largest absolute Gasteiger partial charge is 0.377 e. The Labute approximate surface area is 124 Å². The Morgan fingerprint density at radius 1 is 1.32 bits per heavy atom. The van der Waals surface area contributed by atoms with Gasteiger partial charge in [-0.15, -0.1) is 0 Å². The van der Waals surface area contributed by atoms with Gasteiger partial charge in [0.05, 0.1) is 16.4 Å². The van der Waals surface area contributed by atoms with E-state index in [0.29, 0.717) is 18.5 Å². The molecule has 0 radical (unpaired) electrons. The molecular weight excluding hydrogens is 383 g/mol. The monoisotopic (exact) mass is 396 g/mol. The summed E-state index contributed by atoms with van der Waals surface area (Å²) in [6.07, 6.45) is 0.983. The van der Waals surface area contributed by atoms with Crippen molar-refractivity contribution >= 4 is 43.8 Å². The van der Waals surface area contributed by atoms with Crippen LogP contribution in [0.5, 0.6) is 0 Å². The summed E-state index contributed by atoms with van der Waals surface area (Å²) in [6, 6.07) is 4.93. The molecule has 0 spiro atoms. The van der Waals surface area contributed by atoms with E-state index in [9.17, 15) is 18.5 Å². The summed E-state index contributed by atoms with van der Waals surface area (Å²) in [5, 5.41) is 14.1. The fourth-order valence-corrected chi connectivity index (χ4v) is 4.00. The van der Waals surface area contributed by atoms with Crippen molar-refractivity contribution in [2.75, 3.05) is 16.8 Å². The van der Waals surface area contributed by atoms with E-state index in [0.717, 1.165) is 3.57 Å². The molecule has 0 bridgehead atoms. The van der Waals surface area contributed by atoms with Gasteiger partial charge in [-0.1, -0.05) is 0 Å². The number of nitrogens with one attached hydrogen (secondary N) is 1. The Hall–Kier alpha value is -0.900. The number of sulfone groups is 1. The molecule has 1 N–H and O–H groups in total. The average molecular weight is 396 g/mol. The molecule has 8 heteroatoms. The predicted molar refractivity (Wildman–Crippen MR) is 81.1 cm³/mol. The van der Waals surface area contributed by atoms with Crippen molar-refractivity contribution in [1.82, 2.24) is 0 Å². The van der Waals surface area contributed by atoms with Crippen LogP contribution in [0.15, 0.2) is 18.2 Å². The highest BCUT2D eigenvalue weighted by Crippen LogP contribution is 2.28. The van der Waals surface area contributed by atoms with Crippen LogP contribution >= 0.6 is 22.6 Å². The standard InChI is InChI=1S/C11H13IN2O4S/c12-8-1-2-10(11(7-8)14(15)16)13-9-3-5-19(17,18)6-4-9/h1-2,7,9,13H,3-6H2. The van der Waals surface area contributed by atoms with Gasteiger partial charge in [0.15, 0.2) is 0 Å². The zero-order chi connectivity index (χ0) is 14.0. The van der Waals surface area contributed by atoms with Gasteiger partial charge in [0.1, 0.15) is 15.5 Å². The summed E-state index contributed by atoms with van der Waals surface area (Å²) in [6.45, 7) is 0. The molecule has 19 heavy (non-hydrogen) atoms. The lowest BCUT2D eigenvalue weighted by Crippen LogP contribution is -2.32. The summed E-state index contributed by atoms with van der Waals surface area (Å²) >= 11 is 2.02. The lowest BCUT2D eigenvalue weighted by molar-refractivity contribution is -0.384. The van der Waals surface area contributed by atoms with Gasteiger partial charge in [-0.05, 0) is 47.6 Å². The minimum absolute atomic E-state index is 0.0257. The molecule has 104 valence electrons. The highest BCUT2D eigenvalue weighted by Gasteiger charge is 2.25. The van der Waals surface area contributed by atoms with Crippen LogP contribution in [-0.2, 0) is 9.84 Å². The van der Waals surface area contributed by atoms with Gasteiger partial charge in [-0.2, -0.15) is 0 Å². The summed E-state index contributed by atoms with van der Waals surface area (Å²) in [5.74, 6) is 0.283. The van der Waals surface area contributed by atoms with Crippen LogP contribution in [-0.4, -0.2) is 30.9 Å². The van der Waals surface area contributed by atoms with Gasteiger partial charge in [0, 0.05) is 15.7 Å². The first kappa shape index (κ1) is 14.5. The molecule has 0 atom stereocenters. The normalized spacial score (nSPS) is 19.0. The molecular formula is C11H13IN2O4S. The van der Waals surface area contributed by atoms with Crippen molar-refractivity contribution in [1.29, 1.82) is 0 Å². The number of nitro benzene ring substituents is 1. The minimum Gasteiger partial charge on any atom is -0.377 e. The van der Waals surface area contributed by atoms with E-state index in [1.54, 1.807) is 12.1 Å². The van der Waals surface area contributed by atoms with Crippen molar-refractivity contribution in [2.24, 2.45) is 0 Å². The maximum atomic E-state index is 11.3. The second-order valence-corrected chi connectivity index (χ2v) is 8.04. The molecule has 0 saturated carbocycles. The van der Waals surface area contributed by atoms with E-state index in [1.807, 2.05) is 22.6 Å². The smallest absolute Gasteiger partial charge is 0.293 e. The molecule has 0 aromatic heterocycles. The van der Waals surface area contributed by atoms with Gasteiger partial charge in [0.25, 0.3) is 5.69 Å². The minimum atomic E-state index is -2.92. The zero-order valence-corrected chi connectivity index (χ0v) is 13.0. The highest BCUT2D eigenvalue weighted by molar-refractivity contribution is 14.1. The van der Waals surface area contributed by atoms with Crippen LogP contribution in [0.25, 0.3) is 0 Å². The SMILES string of the molecule is O=[N+]([O-])c1cc(I)ccc1NC1CCS(=O)(=O)CC1. The van der Waals surface area contributed by atoms with Gasteiger partial charge in [-0.3, -0.25) is 10.1 Å². The van der Waals surface area contributed by atoms with Crippen molar-refractivity contribution < 1.29 is 13.3 Å². The van der Waals surface area contributed by atoms with E-state index >= 15 is 0 Å². The van der Waals surface area contributed by atoms with Crippen molar-refractivity contribution in [3.63, 3.8) is 0 Å². The van der Waals surface area contributed by atoms with Crippen LogP contribution in [0.1, 0.15) is 12.8 Å². The van der Waals surface area contributed by atoms with Crippen LogP contribution in [0.2, 0.25) is 0 Å². The average Bonchev–Trinajstić information content (AvgIpc) is 2.33. The fraction of sp³-hybridized carbons (Fsp3) is 0.455. The topological polar surface area (TPSA) is 89.3 Å². The third-order valence-corrected chi connectivity index (χ3v) is 5.46. The van der Waals surface area contributed by atoms with Crippen LogP contribution < -0.4 is 5.32 Å². The first-order valence-corrected chi connectivity index (χ1v) is 8.68. The Balaban J connectivity index is 2.14. The predicted octanol–water partition coefficient (Wildman–Crippen LogP) is 2.19. The number of nitro groups is 1. The Kier molecular flexibility index (Phi) is 4.29. The van der Waals surface area contributed by atoms with Crippen LogP contribution in [0.3, 0.4) is 0 Å². The molecule has 1 aliphatic rings. The third-order valence-electron chi connectivity index (χ3n) is 3.07. The molecule has 6 nitrogen and oxygen atoms in total. The number of hydrogen-bond acceptors (Lipinski definition) is 5. The molecule has 1 aromatic rings. The first-order valence-electron chi connectivity index (χ1n) is 5.78. The van der Waals surface area contributed by atoms with E-state index in [2.05, 4.69) is 5.32 Å². The third kappa shape index (κ3) is 3.78. The molecule has 1 saturated heterocycles. The lowest BCUT2D eigenvalue weighted by atomic mass is 10.1. The van der Waals surface area contributed by atoms with Crippen LogP contribution in [0.4, 0.5) is 11.4 Å². The number of rotatable bonds is 3. The summed E-state index contributed by atoms with van der Waals surface area (Å²) < 4.78 is 23.5. The number of hydrogen-bond donors (Lipinski definition) is 1. The number of benzene rings is 1. The van der Waals surface area contributed by atoms with Gasteiger partial charge < -0.3 is 5.32 Å². The molecule has 0 unspecified atom stereocenters. The molecule has 1 aromatic carbocycles. The van der Waals surface area contributed by atoms with Crippen molar-refractivity contribution in [3.05, 3.63) is 31.9 Å². The van der Waals surface area contributed by atoms with Gasteiger partial charge >= 0.3 is 0 Å². The quantitative estimate of drug-likeness (QED) is 0.481. The van der Waals surface area contributed by atoms with Gasteiger partial charge in [-0.25, -0.2) is 8.42 Å². The van der Waals surface area contributed by atoms with Crippen molar-refractivity contribution in [3.8, 4) is 0 Å². The number of nitrogens with zero attached hydrogens (tertiary/aromatic N) is 1. The summed E-state index contributed by atoms with van der Waals surface area (Å²) in [5.41, 5.74) is 0.482. The Morgan fingerprint density at radius 2 is 1.95 bits per heavy atom. The van der Waals surface area contributed by atoms with Crippen LogP contribution in [0, 0.1) is 13.7 Å². The fourth-order valence-electron chi connectivity index (χ4n) is 2.03. The molecule has 2 rings (SSSR count). The van der Waals surface area contributed by atoms with E-state index < -0.39 is 14.8 Å². The maximum Gasteiger partial charge on any atom is 0.293 e. The highest BCUT2D eigenvalue weighted by atomic mass is 127. The summed E-state index contributed by atoms with van der Waals surface area (Å²) in [4.78, 5) is 10.6. The zero-order valence-electron chi connectivity index (χ0n) is 10.0. The second kappa shape index (κ2) is 5.61. The number of halogens is 1. The van der Waals surface area contributed by atoms with E-state index in [1.165, 1.54) is 6.07 Å². The maximum absolute atomic E-state index is 11.3. The molecule has 0 aliphatic carbocycles. The van der Waals surface area contributed by atoms with E-state index in [4.69, 9.17) is 0 Å². The van der Waals surface area contributed by atoms with E-state index in [-0.39, 0.29) is 23.2 Å². The Morgan fingerprint density at radius 3 is 2.53 bits per heavy atom. The molecule has 1 fully saturated rings. The van der Waals surface area contributed by atoms with Crippen molar-refractivity contribution in [2.45, 2.75) is 18.9 Å². The first-order chi connectivity index (χ1) is 8.87. The van der Waals surface area contributed by atoms with Gasteiger partial charge in [0.2, 0.25) is 0 Å². The Bertz CT molecular complexity index is 589. The second-order valence-electron chi connectivity index (χ2n) is 4.49. The molecule has 1 aliphatic heterocycles. The summed E-state index contributed by atoms with van der Waals surface area (Å²) in [7, 11) is -2.92. The lowest BCUT2D eigenvalue weighted by Gasteiger charge is -2.23. The number of anilines is 1.